The summed E-state index contributed by atoms with van der Waals surface area (Å²) in [5, 5.41) is 2.73. The molecule has 1 aliphatic heterocycles. The SMILES string of the molecule is Cc1ccc(S(=O)(=O)N2C[C@@H](C(=O)NCc3ccc(F)cc3)Oc3ccccc32)cc1. The van der Waals surface area contributed by atoms with E-state index in [9.17, 15) is 17.6 Å². The lowest BCUT2D eigenvalue weighted by atomic mass is 10.2. The highest BCUT2D eigenvalue weighted by Gasteiger charge is 2.37. The molecule has 0 bridgehead atoms. The minimum absolute atomic E-state index is 0.139. The maximum Gasteiger partial charge on any atom is 0.264 e. The van der Waals surface area contributed by atoms with Crippen LogP contribution in [0, 0.1) is 12.7 Å². The molecule has 1 N–H and O–H groups in total. The predicted octanol–water partition coefficient (Wildman–Crippen LogP) is 3.41. The van der Waals surface area contributed by atoms with Gasteiger partial charge in [-0.05, 0) is 48.9 Å². The Kier molecular flexibility index (Phi) is 5.65. The Morgan fingerprint density at radius 1 is 1.06 bits per heavy atom. The number of nitrogens with zero attached hydrogens (tertiary/aromatic N) is 1. The standard InChI is InChI=1S/C23H21FN2O4S/c1-16-6-12-19(13-7-16)31(28,29)26-15-22(30-21-5-3-2-4-20(21)26)23(27)25-14-17-8-10-18(24)11-9-17/h2-13,22H,14-15H2,1H3,(H,25,27)/t22-/m0/s1. The molecule has 6 nitrogen and oxygen atoms in total. The van der Waals surface area contributed by atoms with Crippen LogP contribution in [0.3, 0.4) is 0 Å². The topological polar surface area (TPSA) is 75.7 Å². The molecule has 160 valence electrons. The van der Waals surface area contributed by atoms with Crippen molar-refractivity contribution >= 4 is 21.6 Å². The number of aryl methyl sites for hydroxylation is 1. The molecule has 8 heteroatoms. The van der Waals surface area contributed by atoms with Crippen molar-refractivity contribution in [3.05, 3.63) is 89.7 Å². The van der Waals surface area contributed by atoms with Crippen LogP contribution in [0.15, 0.2) is 77.7 Å². The number of halogens is 1. The van der Waals surface area contributed by atoms with Crippen LogP contribution >= 0.6 is 0 Å². The second-order valence-corrected chi connectivity index (χ2v) is 9.13. The molecule has 3 aromatic carbocycles. The van der Waals surface area contributed by atoms with Gasteiger partial charge in [0.1, 0.15) is 11.6 Å². The maximum atomic E-state index is 13.3. The number of para-hydroxylation sites is 2. The Labute approximate surface area is 180 Å². The van der Waals surface area contributed by atoms with Gasteiger partial charge in [0.05, 0.1) is 17.1 Å². The van der Waals surface area contributed by atoms with E-state index in [4.69, 9.17) is 4.74 Å². The van der Waals surface area contributed by atoms with Crippen molar-refractivity contribution in [2.75, 3.05) is 10.8 Å². The van der Waals surface area contributed by atoms with Gasteiger partial charge in [0.25, 0.3) is 15.9 Å². The summed E-state index contributed by atoms with van der Waals surface area (Å²) in [7, 11) is -3.90. The molecule has 1 aliphatic rings. The van der Waals surface area contributed by atoms with Crippen LogP contribution < -0.4 is 14.4 Å². The van der Waals surface area contributed by atoms with Crippen molar-refractivity contribution in [2.45, 2.75) is 24.5 Å². The monoisotopic (exact) mass is 440 g/mol. The first kappa shape index (κ1) is 20.9. The smallest absolute Gasteiger partial charge is 0.264 e. The molecule has 0 unspecified atom stereocenters. The highest BCUT2D eigenvalue weighted by atomic mass is 32.2. The van der Waals surface area contributed by atoms with Crippen molar-refractivity contribution in [1.29, 1.82) is 0 Å². The first-order valence-electron chi connectivity index (χ1n) is 9.72. The van der Waals surface area contributed by atoms with E-state index in [1.54, 1.807) is 60.7 Å². The number of fused-ring (bicyclic) bond motifs is 1. The van der Waals surface area contributed by atoms with E-state index in [0.717, 1.165) is 11.1 Å². The molecular formula is C23H21FN2O4S. The summed E-state index contributed by atoms with van der Waals surface area (Å²) < 4.78 is 46.8. The number of ether oxygens (including phenoxy) is 1. The number of carbonyl (C=O) groups excluding carboxylic acids is 1. The molecule has 1 heterocycles. The fourth-order valence-electron chi connectivity index (χ4n) is 3.31. The van der Waals surface area contributed by atoms with E-state index in [1.165, 1.54) is 16.4 Å². The fourth-order valence-corrected chi connectivity index (χ4v) is 4.79. The van der Waals surface area contributed by atoms with Crippen molar-refractivity contribution in [1.82, 2.24) is 5.32 Å². The van der Waals surface area contributed by atoms with Crippen LogP contribution in [-0.2, 0) is 21.4 Å². The molecule has 0 spiro atoms. The third-order valence-corrected chi connectivity index (χ3v) is 6.81. The number of hydrogen-bond acceptors (Lipinski definition) is 4. The van der Waals surface area contributed by atoms with Gasteiger partial charge in [0.2, 0.25) is 0 Å². The Hall–Kier alpha value is -3.39. The van der Waals surface area contributed by atoms with Crippen LogP contribution in [0.25, 0.3) is 0 Å². The average Bonchev–Trinajstić information content (AvgIpc) is 2.78. The van der Waals surface area contributed by atoms with Crippen molar-refractivity contribution in [3.8, 4) is 5.75 Å². The summed E-state index contributed by atoms with van der Waals surface area (Å²) in [5.74, 6) is -0.506. The lowest BCUT2D eigenvalue weighted by molar-refractivity contribution is -0.127. The quantitative estimate of drug-likeness (QED) is 0.660. The zero-order valence-corrected chi connectivity index (χ0v) is 17.6. The maximum absolute atomic E-state index is 13.3. The van der Waals surface area contributed by atoms with Gasteiger partial charge in [0.15, 0.2) is 6.10 Å². The Morgan fingerprint density at radius 3 is 2.45 bits per heavy atom. The summed E-state index contributed by atoms with van der Waals surface area (Å²) in [5.41, 5.74) is 2.04. The number of sulfonamides is 1. The molecule has 0 radical (unpaired) electrons. The molecule has 31 heavy (non-hydrogen) atoms. The average molecular weight is 440 g/mol. The number of anilines is 1. The van der Waals surface area contributed by atoms with Crippen LogP contribution in [-0.4, -0.2) is 27.0 Å². The number of amides is 1. The Bertz CT molecular complexity index is 1200. The second kappa shape index (κ2) is 8.39. The van der Waals surface area contributed by atoms with E-state index in [1.807, 2.05) is 6.92 Å². The molecular weight excluding hydrogens is 419 g/mol. The van der Waals surface area contributed by atoms with Gasteiger partial charge >= 0.3 is 0 Å². The van der Waals surface area contributed by atoms with E-state index in [0.29, 0.717) is 11.4 Å². The molecule has 0 saturated heterocycles. The Morgan fingerprint density at radius 2 is 1.74 bits per heavy atom. The number of nitrogens with one attached hydrogen (secondary N) is 1. The Balaban J connectivity index is 1.58. The van der Waals surface area contributed by atoms with Gasteiger partial charge in [-0.2, -0.15) is 0 Å². The van der Waals surface area contributed by atoms with Gasteiger partial charge in [-0.1, -0.05) is 42.0 Å². The normalized spacial score (nSPS) is 15.7. The summed E-state index contributed by atoms with van der Waals surface area (Å²) >= 11 is 0. The first-order valence-corrected chi connectivity index (χ1v) is 11.2. The van der Waals surface area contributed by atoms with E-state index < -0.39 is 22.0 Å². The third-order valence-electron chi connectivity index (χ3n) is 5.02. The predicted molar refractivity (Wildman–Crippen MR) is 115 cm³/mol. The largest absolute Gasteiger partial charge is 0.476 e. The molecule has 0 aliphatic carbocycles. The lowest BCUT2D eigenvalue weighted by Gasteiger charge is -2.34. The van der Waals surface area contributed by atoms with Gasteiger partial charge in [-0.25, -0.2) is 12.8 Å². The second-order valence-electron chi connectivity index (χ2n) is 7.27. The first-order chi connectivity index (χ1) is 14.8. The number of benzene rings is 3. The minimum Gasteiger partial charge on any atom is -0.476 e. The van der Waals surface area contributed by atoms with Gasteiger partial charge in [-0.3, -0.25) is 9.10 Å². The highest BCUT2D eigenvalue weighted by molar-refractivity contribution is 7.92. The molecule has 0 aromatic heterocycles. The summed E-state index contributed by atoms with van der Waals surface area (Å²) in [6.45, 7) is 1.88. The van der Waals surface area contributed by atoms with Crippen LogP contribution in [0.4, 0.5) is 10.1 Å². The molecule has 4 rings (SSSR count). The summed E-state index contributed by atoms with van der Waals surface area (Å²) in [4.78, 5) is 12.9. The van der Waals surface area contributed by atoms with Crippen molar-refractivity contribution in [3.63, 3.8) is 0 Å². The lowest BCUT2D eigenvalue weighted by Crippen LogP contribution is -2.50. The third kappa shape index (κ3) is 4.39. The number of rotatable bonds is 5. The van der Waals surface area contributed by atoms with Crippen molar-refractivity contribution < 1.29 is 22.3 Å². The summed E-state index contributed by atoms with van der Waals surface area (Å²) in [6, 6.07) is 19.0. The van der Waals surface area contributed by atoms with Gasteiger partial charge in [-0.15, -0.1) is 0 Å². The fraction of sp³-hybridized carbons (Fsp3) is 0.174. The zero-order valence-electron chi connectivity index (χ0n) is 16.8. The van der Waals surface area contributed by atoms with Crippen LogP contribution in [0.1, 0.15) is 11.1 Å². The molecule has 0 saturated carbocycles. The van der Waals surface area contributed by atoms with E-state index in [-0.39, 0.29) is 23.8 Å². The van der Waals surface area contributed by atoms with Crippen LogP contribution in [0.2, 0.25) is 0 Å². The van der Waals surface area contributed by atoms with Crippen molar-refractivity contribution in [2.24, 2.45) is 0 Å². The van der Waals surface area contributed by atoms with Crippen LogP contribution in [0.5, 0.6) is 5.75 Å². The summed E-state index contributed by atoms with van der Waals surface area (Å²) in [6.07, 6.45) is -1.03. The van der Waals surface area contributed by atoms with E-state index >= 15 is 0 Å². The number of carbonyl (C=O) groups is 1. The van der Waals surface area contributed by atoms with Gasteiger partial charge < -0.3 is 10.1 Å². The molecule has 1 amide bonds. The molecule has 0 fully saturated rings. The molecule has 1 atom stereocenters. The zero-order chi connectivity index (χ0) is 22.0. The highest BCUT2D eigenvalue weighted by Crippen LogP contribution is 2.36. The van der Waals surface area contributed by atoms with E-state index in [2.05, 4.69) is 5.32 Å². The number of hydrogen-bond donors (Lipinski definition) is 1. The van der Waals surface area contributed by atoms with Gasteiger partial charge in [0, 0.05) is 6.54 Å². The minimum atomic E-state index is -3.90. The molecule has 3 aromatic rings.